The number of rotatable bonds is 4. The van der Waals surface area contributed by atoms with E-state index >= 15 is 0 Å². The fraction of sp³-hybridized carbons (Fsp3) is 0.273. The average molecular weight is 486 g/mol. The first-order valence-electron chi connectivity index (χ1n) is 10.4. The Bertz CT molecular complexity index is 1230. The second kappa shape index (κ2) is 8.87. The van der Waals surface area contributed by atoms with Crippen molar-refractivity contribution in [1.29, 1.82) is 0 Å². The van der Waals surface area contributed by atoms with Crippen LogP contribution in [0, 0.1) is 6.92 Å². The molecule has 2 aliphatic heterocycles. The molecule has 2 N–H and O–H groups in total. The summed E-state index contributed by atoms with van der Waals surface area (Å²) in [6, 6.07) is 10.1. The van der Waals surface area contributed by atoms with Crippen molar-refractivity contribution in [2.75, 3.05) is 24.0 Å². The molecule has 3 amide bonds. The van der Waals surface area contributed by atoms with Crippen LogP contribution in [0.3, 0.4) is 0 Å². The molecule has 1 saturated heterocycles. The summed E-state index contributed by atoms with van der Waals surface area (Å²) in [5.41, 5.74) is 2.14. The molecule has 11 heteroatoms. The highest BCUT2D eigenvalue weighted by atomic mass is 35.5. The smallest absolute Gasteiger partial charge is 0.322 e. The van der Waals surface area contributed by atoms with Crippen LogP contribution in [0.25, 0.3) is 0 Å². The largest absolute Gasteiger partial charge is 0.454 e. The monoisotopic (exact) mass is 485 g/mol. The van der Waals surface area contributed by atoms with Gasteiger partial charge in [0.15, 0.2) is 11.5 Å². The van der Waals surface area contributed by atoms with Gasteiger partial charge in [-0.25, -0.2) is 4.79 Å². The molecule has 9 nitrogen and oxygen atoms in total. The number of likely N-dealkylation sites (tertiary alicyclic amines) is 1. The Morgan fingerprint density at radius 3 is 2.73 bits per heavy atom. The number of nitrogens with zero attached hydrogens (tertiary/aromatic N) is 3. The molecule has 170 valence electrons. The number of halogens is 1. The normalized spacial score (nSPS) is 16.7. The molecule has 3 aromatic rings. The van der Waals surface area contributed by atoms with E-state index in [1.54, 1.807) is 29.2 Å². The van der Waals surface area contributed by atoms with Gasteiger partial charge in [0.2, 0.25) is 11.8 Å². The summed E-state index contributed by atoms with van der Waals surface area (Å²) >= 11 is 7.35. The van der Waals surface area contributed by atoms with Crippen molar-refractivity contribution >= 4 is 46.3 Å². The van der Waals surface area contributed by atoms with Gasteiger partial charge in [0, 0.05) is 29.0 Å². The number of aryl methyl sites for hydroxylation is 1. The number of hydrogen-bond acceptors (Lipinski definition) is 7. The molecule has 1 atom stereocenters. The van der Waals surface area contributed by atoms with Gasteiger partial charge in [0.25, 0.3) is 5.91 Å². The fourth-order valence-corrected chi connectivity index (χ4v) is 4.82. The Labute approximate surface area is 198 Å². The van der Waals surface area contributed by atoms with Crippen LogP contribution in [0.5, 0.6) is 11.5 Å². The number of ether oxygens (including phenoxy) is 2. The number of benzene rings is 2. The van der Waals surface area contributed by atoms with Crippen LogP contribution >= 0.6 is 22.9 Å². The molecule has 1 fully saturated rings. The van der Waals surface area contributed by atoms with Crippen molar-refractivity contribution < 1.29 is 19.1 Å². The Balaban J connectivity index is 1.26. The molecular weight excluding hydrogens is 466 g/mol. The zero-order valence-corrected chi connectivity index (χ0v) is 19.2. The predicted octanol–water partition coefficient (Wildman–Crippen LogP) is 4.85. The summed E-state index contributed by atoms with van der Waals surface area (Å²) in [4.78, 5) is 27.3. The van der Waals surface area contributed by atoms with Crippen LogP contribution in [-0.4, -0.2) is 40.4 Å². The third kappa shape index (κ3) is 4.44. The van der Waals surface area contributed by atoms with E-state index in [1.807, 2.05) is 19.1 Å². The third-order valence-corrected chi connectivity index (χ3v) is 6.92. The molecule has 2 aliphatic rings. The molecule has 0 spiro atoms. The van der Waals surface area contributed by atoms with Gasteiger partial charge in [-0.1, -0.05) is 29.0 Å². The van der Waals surface area contributed by atoms with Crippen LogP contribution in [0.15, 0.2) is 36.4 Å². The lowest BCUT2D eigenvalue weighted by atomic mass is 10.2. The molecule has 0 unspecified atom stereocenters. The molecule has 0 bridgehead atoms. The minimum Gasteiger partial charge on any atom is -0.454 e. The van der Waals surface area contributed by atoms with Crippen molar-refractivity contribution in [2.45, 2.75) is 25.8 Å². The Hall–Kier alpha value is -3.37. The second-order valence-electron chi connectivity index (χ2n) is 7.71. The van der Waals surface area contributed by atoms with Crippen molar-refractivity contribution in [1.82, 2.24) is 15.1 Å². The lowest BCUT2D eigenvalue weighted by Gasteiger charge is -2.23. The zero-order valence-electron chi connectivity index (χ0n) is 17.6. The minimum atomic E-state index is -0.374. The molecule has 2 aromatic carbocycles. The highest BCUT2D eigenvalue weighted by Gasteiger charge is 2.33. The number of carbonyl (C=O) groups excluding carboxylic acids is 2. The van der Waals surface area contributed by atoms with Crippen molar-refractivity contribution in [3.8, 4) is 11.5 Å². The first-order valence-corrected chi connectivity index (χ1v) is 11.6. The predicted molar refractivity (Wildman–Crippen MR) is 124 cm³/mol. The first-order chi connectivity index (χ1) is 16.0. The number of amides is 3. The maximum Gasteiger partial charge on any atom is 0.322 e. The van der Waals surface area contributed by atoms with Crippen LogP contribution in [0.4, 0.5) is 16.2 Å². The standard InChI is InChI=1S/C22H20ClN5O4S/c1-12-4-5-13(9-15(12)23)25-22(30)28-8-2-3-16(28)20-26-27-21(33-20)19(29)24-14-6-7-17-18(10-14)32-11-31-17/h4-7,9-10,16H,2-3,8,11H2,1H3,(H,24,29)(H,25,30)/t16-/m1/s1. The number of hydrogen-bond donors (Lipinski definition) is 2. The maximum absolute atomic E-state index is 12.9. The topological polar surface area (TPSA) is 106 Å². The summed E-state index contributed by atoms with van der Waals surface area (Å²) in [5, 5.41) is 15.4. The van der Waals surface area contributed by atoms with Gasteiger partial charge >= 0.3 is 6.03 Å². The zero-order chi connectivity index (χ0) is 22.9. The highest BCUT2D eigenvalue weighted by Crippen LogP contribution is 2.36. The Morgan fingerprint density at radius 1 is 1.09 bits per heavy atom. The van der Waals surface area contributed by atoms with E-state index in [1.165, 1.54) is 11.3 Å². The van der Waals surface area contributed by atoms with E-state index in [-0.39, 0.29) is 29.8 Å². The molecular formula is C22H20ClN5O4S. The quantitative estimate of drug-likeness (QED) is 0.547. The Kier molecular flexibility index (Phi) is 5.77. The van der Waals surface area contributed by atoms with Gasteiger partial charge in [0.05, 0.1) is 6.04 Å². The molecule has 0 aliphatic carbocycles. The molecule has 5 rings (SSSR count). The van der Waals surface area contributed by atoms with Gasteiger partial charge in [-0.3, -0.25) is 4.79 Å². The molecule has 33 heavy (non-hydrogen) atoms. The molecule has 1 aromatic heterocycles. The van der Waals surface area contributed by atoms with Crippen LogP contribution in [0.2, 0.25) is 5.02 Å². The number of urea groups is 1. The third-order valence-electron chi connectivity index (χ3n) is 5.49. The van der Waals surface area contributed by atoms with Crippen molar-refractivity contribution in [3.63, 3.8) is 0 Å². The van der Waals surface area contributed by atoms with E-state index in [9.17, 15) is 9.59 Å². The van der Waals surface area contributed by atoms with E-state index in [0.717, 1.165) is 18.4 Å². The second-order valence-corrected chi connectivity index (χ2v) is 9.13. The summed E-state index contributed by atoms with van der Waals surface area (Å²) in [7, 11) is 0. The lowest BCUT2D eigenvalue weighted by Crippen LogP contribution is -2.34. The van der Waals surface area contributed by atoms with E-state index in [2.05, 4.69) is 20.8 Å². The summed E-state index contributed by atoms with van der Waals surface area (Å²) < 4.78 is 10.6. The maximum atomic E-state index is 12.9. The van der Waals surface area contributed by atoms with Crippen LogP contribution in [-0.2, 0) is 0 Å². The van der Waals surface area contributed by atoms with Crippen molar-refractivity contribution in [2.24, 2.45) is 0 Å². The number of aromatic nitrogens is 2. The lowest BCUT2D eigenvalue weighted by molar-refractivity contribution is 0.102. The van der Waals surface area contributed by atoms with Gasteiger partial charge in [-0.15, -0.1) is 10.2 Å². The Morgan fingerprint density at radius 2 is 1.88 bits per heavy atom. The van der Waals surface area contributed by atoms with E-state index in [0.29, 0.717) is 39.4 Å². The highest BCUT2D eigenvalue weighted by molar-refractivity contribution is 7.13. The molecule has 0 saturated carbocycles. The van der Waals surface area contributed by atoms with Gasteiger partial charge in [-0.2, -0.15) is 0 Å². The number of anilines is 2. The number of fused-ring (bicyclic) bond motifs is 1. The average Bonchev–Trinajstić information content (AvgIpc) is 3.55. The van der Waals surface area contributed by atoms with E-state index in [4.69, 9.17) is 21.1 Å². The SMILES string of the molecule is Cc1ccc(NC(=O)N2CCC[C@@H]2c2nnc(C(=O)Nc3ccc4c(c3)OCO4)s2)cc1Cl. The van der Waals surface area contributed by atoms with E-state index < -0.39 is 0 Å². The summed E-state index contributed by atoms with van der Waals surface area (Å²) in [6.07, 6.45) is 1.59. The van der Waals surface area contributed by atoms with Gasteiger partial charge in [0.1, 0.15) is 5.01 Å². The van der Waals surface area contributed by atoms with Crippen LogP contribution in [0.1, 0.15) is 39.3 Å². The first kappa shape index (κ1) is 21.5. The molecule has 0 radical (unpaired) electrons. The summed E-state index contributed by atoms with van der Waals surface area (Å²) in [6.45, 7) is 2.66. The van der Waals surface area contributed by atoms with Crippen molar-refractivity contribution in [3.05, 3.63) is 57.0 Å². The fourth-order valence-electron chi connectivity index (χ4n) is 3.75. The minimum absolute atomic E-state index is 0.162. The van der Waals surface area contributed by atoms with Gasteiger partial charge in [-0.05, 0) is 49.6 Å². The molecule has 3 heterocycles. The van der Waals surface area contributed by atoms with Crippen LogP contribution < -0.4 is 20.1 Å². The number of nitrogens with one attached hydrogen (secondary N) is 2. The number of carbonyl (C=O) groups is 2. The summed E-state index contributed by atoms with van der Waals surface area (Å²) in [5.74, 6) is 0.841. The van der Waals surface area contributed by atoms with Gasteiger partial charge < -0.3 is 25.0 Å².